The number of amides is 2. The summed E-state index contributed by atoms with van der Waals surface area (Å²) < 4.78 is 13.1. The Bertz CT molecular complexity index is 1140. The largest absolute Gasteiger partial charge is 0.476 e. The second-order valence-electron chi connectivity index (χ2n) is 7.54. The number of anilines is 1. The van der Waals surface area contributed by atoms with Crippen LogP contribution in [-0.2, 0) is 16.1 Å². The molecule has 1 saturated heterocycles. The lowest BCUT2D eigenvalue weighted by atomic mass is 10.1. The van der Waals surface area contributed by atoms with Crippen LogP contribution in [0.4, 0.5) is 5.69 Å². The summed E-state index contributed by atoms with van der Waals surface area (Å²) in [5.74, 6) is 0.187. The number of para-hydroxylation sites is 2. The highest BCUT2D eigenvalue weighted by molar-refractivity contribution is 6.09. The normalized spacial score (nSPS) is 18.5. The van der Waals surface area contributed by atoms with Gasteiger partial charge in [0.05, 0.1) is 31.0 Å². The SMILES string of the molecule is CCn1nnc2cc(C(=O)N3CC(C(=O)N4CCOCC4)Oc4ccccc43)ccc21. The number of ether oxygens (including phenoxy) is 2. The average molecular weight is 421 g/mol. The number of fused-ring (bicyclic) bond motifs is 2. The van der Waals surface area contributed by atoms with E-state index in [1.54, 1.807) is 32.7 Å². The molecule has 1 atom stereocenters. The van der Waals surface area contributed by atoms with Crippen molar-refractivity contribution in [2.45, 2.75) is 19.6 Å². The van der Waals surface area contributed by atoms with Crippen LogP contribution >= 0.6 is 0 Å². The Balaban J connectivity index is 1.46. The third-order valence-electron chi connectivity index (χ3n) is 5.68. The van der Waals surface area contributed by atoms with E-state index in [0.717, 1.165) is 5.52 Å². The fraction of sp³-hybridized carbons (Fsp3) is 0.364. The zero-order chi connectivity index (χ0) is 21.4. The number of aryl methyl sites for hydroxylation is 1. The van der Waals surface area contributed by atoms with Crippen LogP contribution in [-0.4, -0.2) is 70.7 Å². The van der Waals surface area contributed by atoms with Crippen LogP contribution in [0.2, 0.25) is 0 Å². The lowest BCUT2D eigenvalue weighted by Gasteiger charge is -2.37. The molecule has 0 bridgehead atoms. The van der Waals surface area contributed by atoms with Crippen LogP contribution in [0.15, 0.2) is 42.5 Å². The molecule has 0 aliphatic carbocycles. The summed E-state index contributed by atoms with van der Waals surface area (Å²) in [4.78, 5) is 29.9. The summed E-state index contributed by atoms with van der Waals surface area (Å²) >= 11 is 0. The van der Waals surface area contributed by atoms with E-state index in [-0.39, 0.29) is 18.4 Å². The van der Waals surface area contributed by atoms with Gasteiger partial charge in [-0.3, -0.25) is 9.59 Å². The topological polar surface area (TPSA) is 89.8 Å². The lowest BCUT2D eigenvalue weighted by Crippen LogP contribution is -2.54. The van der Waals surface area contributed by atoms with Crippen molar-refractivity contribution in [2.75, 3.05) is 37.7 Å². The van der Waals surface area contributed by atoms with Crippen molar-refractivity contribution in [3.05, 3.63) is 48.0 Å². The second kappa shape index (κ2) is 7.99. The molecule has 1 aromatic heterocycles. The summed E-state index contributed by atoms with van der Waals surface area (Å²) in [6, 6.07) is 12.7. The van der Waals surface area contributed by atoms with Crippen LogP contribution in [0.25, 0.3) is 11.0 Å². The van der Waals surface area contributed by atoms with E-state index in [9.17, 15) is 9.59 Å². The summed E-state index contributed by atoms with van der Waals surface area (Å²) in [5, 5.41) is 8.28. The lowest BCUT2D eigenvalue weighted by molar-refractivity contribution is -0.142. The van der Waals surface area contributed by atoms with Gasteiger partial charge in [0.2, 0.25) is 0 Å². The number of hydrogen-bond donors (Lipinski definition) is 0. The van der Waals surface area contributed by atoms with Gasteiger partial charge in [0.1, 0.15) is 11.3 Å². The molecule has 2 aliphatic heterocycles. The molecule has 1 fully saturated rings. The quantitative estimate of drug-likeness (QED) is 0.640. The fourth-order valence-corrected chi connectivity index (χ4v) is 4.04. The molecule has 0 N–H and O–H groups in total. The average Bonchev–Trinajstić information content (AvgIpc) is 3.25. The minimum absolute atomic E-state index is 0.128. The molecule has 1 unspecified atom stereocenters. The summed E-state index contributed by atoms with van der Waals surface area (Å²) in [7, 11) is 0. The molecule has 9 nitrogen and oxygen atoms in total. The molecule has 2 aromatic carbocycles. The highest BCUT2D eigenvalue weighted by Gasteiger charge is 2.36. The van der Waals surface area contributed by atoms with Gasteiger partial charge in [-0.25, -0.2) is 4.68 Å². The predicted molar refractivity (Wildman–Crippen MR) is 113 cm³/mol. The molecule has 2 amide bonds. The first-order chi connectivity index (χ1) is 15.2. The van der Waals surface area contributed by atoms with E-state index in [4.69, 9.17) is 9.47 Å². The standard InChI is InChI=1S/C22H23N5O4/c1-2-27-17-8-7-15(13-16(17)23-24-27)21(28)26-14-20(22(29)25-9-11-30-12-10-25)31-19-6-4-3-5-18(19)26/h3-8,13,20H,2,9-12,14H2,1H3. The van der Waals surface area contributed by atoms with Crippen molar-refractivity contribution in [1.29, 1.82) is 0 Å². The van der Waals surface area contributed by atoms with Crippen LogP contribution in [0, 0.1) is 0 Å². The van der Waals surface area contributed by atoms with Crippen molar-refractivity contribution in [3.8, 4) is 5.75 Å². The Morgan fingerprint density at radius 1 is 1.13 bits per heavy atom. The zero-order valence-electron chi connectivity index (χ0n) is 17.2. The molecule has 5 rings (SSSR count). The van der Waals surface area contributed by atoms with Crippen molar-refractivity contribution < 1.29 is 19.1 Å². The maximum Gasteiger partial charge on any atom is 0.265 e. The molecule has 3 aromatic rings. The maximum absolute atomic E-state index is 13.5. The summed E-state index contributed by atoms with van der Waals surface area (Å²) in [6.45, 7) is 4.91. The van der Waals surface area contributed by atoms with E-state index in [2.05, 4.69) is 10.3 Å². The first kappa shape index (κ1) is 19.5. The Kier molecular flexibility index (Phi) is 5.03. The minimum Gasteiger partial charge on any atom is -0.476 e. The number of nitrogens with zero attached hydrogens (tertiary/aromatic N) is 5. The Morgan fingerprint density at radius 3 is 2.74 bits per heavy atom. The van der Waals surface area contributed by atoms with Gasteiger partial charge in [-0.1, -0.05) is 17.3 Å². The number of aromatic nitrogens is 3. The van der Waals surface area contributed by atoms with Gasteiger partial charge in [-0.05, 0) is 37.3 Å². The van der Waals surface area contributed by atoms with Crippen molar-refractivity contribution >= 4 is 28.5 Å². The summed E-state index contributed by atoms with van der Waals surface area (Å²) in [5.41, 5.74) is 2.68. The van der Waals surface area contributed by atoms with E-state index in [1.165, 1.54) is 0 Å². The van der Waals surface area contributed by atoms with Crippen LogP contribution < -0.4 is 9.64 Å². The Morgan fingerprint density at radius 2 is 1.94 bits per heavy atom. The zero-order valence-corrected chi connectivity index (χ0v) is 17.2. The molecular weight excluding hydrogens is 398 g/mol. The first-order valence-electron chi connectivity index (χ1n) is 10.4. The third-order valence-corrected chi connectivity index (χ3v) is 5.68. The smallest absolute Gasteiger partial charge is 0.265 e. The van der Waals surface area contributed by atoms with Gasteiger partial charge in [0.15, 0.2) is 6.10 Å². The van der Waals surface area contributed by atoms with E-state index in [1.807, 2.05) is 31.2 Å². The van der Waals surface area contributed by atoms with Crippen LogP contribution in [0.1, 0.15) is 17.3 Å². The van der Waals surface area contributed by atoms with E-state index < -0.39 is 6.10 Å². The highest BCUT2D eigenvalue weighted by Crippen LogP contribution is 2.34. The molecule has 3 heterocycles. The molecule has 0 spiro atoms. The molecule has 31 heavy (non-hydrogen) atoms. The molecule has 0 saturated carbocycles. The van der Waals surface area contributed by atoms with E-state index in [0.29, 0.717) is 55.4 Å². The molecule has 9 heteroatoms. The number of carbonyl (C=O) groups excluding carboxylic acids is 2. The van der Waals surface area contributed by atoms with Crippen LogP contribution in [0.5, 0.6) is 5.75 Å². The van der Waals surface area contributed by atoms with Gasteiger partial charge >= 0.3 is 0 Å². The monoisotopic (exact) mass is 421 g/mol. The van der Waals surface area contributed by atoms with Gasteiger partial charge in [-0.2, -0.15) is 0 Å². The highest BCUT2D eigenvalue weighted by atomic mass is 16.5. The number of hydrogen-bond acceptors (Lipinski definition) is 6. The predicted octanol–water partition coefficient (Wildman–Crippen LogP) is 1.72. The Hall–Kier alpha value is -3.46. The maximum atomic E-state index is 13.5. The van der Waals surface area contributed by atoms with Crippen molar-refractivity contribution in [2.24, 2.45) is 0 Å². The molecule has 0 radical (unpaired) electrons. The minimum atomic E-state index is -0.762. The van der Waals surface area contributed by atoms with Crippen LogP contribution in [0.3, 0.4) is 0 Å². The Labute approximate surface area is 179 Å². The summed E-state index contributed by atoms with van der Waals surface area (Å²) in [6.07, 6.45) is -0.762. The fourth-order valence-electron chi connectivity index (χ4n) is 4.04. The molecule has 2 aliphatic rings. The van der Waals surface area contributed by atoms with Crippen molar-refractivity contribution in [3.63, 3.8) is 0 Å². The second-order valence-corrected chi connectivity index (χ2v) is 7.54. The number of rotatable bonds is 3. The number of morpholine rings is 1. The molecular formula is C22H23N5O4. The van der Waals surface area contributed by atoms with Crippen molar-refractivity contribution in [1.82, 2.24) is 19.9 Å². The van der Waals surface area contributed by atoms with E-state index >= 15 is 0 Å². The number of benzene rings is 2. The van der Waals surface area contributed by atoms with Gasteiger partial charge in [0.25, 0.3) is 11.8 Å². The van der Waals surface area contributed by atoms with Gasteiger partial charge in [-0.15, -0.1) is 5.10 Å². The number of carbonyl (C=O) groups is 2. The molecule has 160 valence electrons. The van der Waals surface area contributed by atoms with Gasteiger partial charge in [0, 0.05) is 25.2 Å². The third kappa shape index (κ3) is 3.50. The van der Waals surface area contributed by atoms with Gasteiger partial charge < -0.3 is 19.3 Å². The first-order valence-corrected chi connectivity index (χ1v) is 10.4.